The predicted molar refractivity (Wildman–Crippen MR) is 73.7 cm³/mol. The average Bonchev–Trinajstić information content (AvgIpc) is 3.13. The summed E-state index contributed by atoms with van der Waals surface area (Å²) in [5.41, 5.74) is 5.69. The summed E-state index contributed by atoms with van der Waals surface area (Å²) in [5.74, 6) is 3.09. The summed E-state index contributed by atoms with van der Waals surface area (Å²) >= 11 is 1.95. The molecule has 3 aliphatic rings. The third-order valence-corrected chi connectivity index (χ3v) is 6.11. The molecule has 2 heterocycles. The first-order valence-electron chi connectivity index (χ1n) is 7.08. The van der Waals surface area contributed by atoms with Crippen LogP contribution in [0.15, 0.2) is 0 Å². The van der Waals surface area contributed by atoms with Crippen LogP contribution in [-0.2, 0) is 9.53 Å². The second kappa shape index (κ2) is 4.50. The van der Waals surface area contributed by atoms with Crippen molar-refractivity contribution in [3.05, 3.63) is 0 Å². The van der Waals surface area contributed by atoms with E-state index in [0.29, 0.717) is 11.7 Å². The molecule has 0 radical (unpaired) electrons. The Kier molecular flexibility index (Phi) is 3.23. The molecule has 3 unspecified atom stereocenters. The van der Waals surface area contributed by atoms with Crippen LogP contribution in [0.3, 0.4) is 0 Å². The fourth-order valence-electron chi connectivity index (χ4n) is 3.44. The number of hydrogen-bond acceptors (Lipinski definition) is 4. The van der Waals surface area contributed by atoms with Crippen molar-refractivity contribution in [2.45, 2.75) is 50.2 Å². The monoisotopic (exact) mass is 269 g/mol. The van der Waals surface area contributed by atoms with Crippen LogP contribution >= 0.6 is 11.8 Å². The van der Waals surface area contributed by atoms with E-state index in [4.69, 9.17) is 10.5 Å². The third kappa shape index (κ3) is 2.23. The molecule has 3 atom stereocenters. The van der Waals surface area contributed by atoms with E-state index in [2.05, 4.69) is 0 Å². The van der Waals surface area contributed by atoms with E-state index in [0.717, 1.165) is 44.5 Å². The number of nitrogens with two attached hydrogens (primary N) is 1. The van der Waals surface area contributed by atoms with Crippen molar-refractivity contribution >= 4 is 17.5 Å². The van der Waals surface area contributed by atoms with Gasteiger partial charge in [-0.2, -0.15) is 11.8 Å². The van der Waals surface area contributed by atoms with Gasteiger partial charge in [0.15, 0.2) is 5.78 Å². The minimum atomic E-state index is -0.588. The Morgan fingerprint density at radius 1 is 1.44 bits per heavy atom. The standard InChI is InChI=1S/C14H23NO2S/c1-13(15,11-2-3-11)12(16)10-4-6-17-14(8-10)5-7-18-9-14/h10-11H,2-9,15H2,1H3. The summed E-state index contributed by atoms with van der Waals surface area (Å²) < 4.78 is 5.98. The molecule has 0 aromatic carbocycles. The Morgan fingerprint density at radius 3 is 2.83 bits per heavy atom. The molecule has 0 aromatic heterocycles. The van der Waals surface area contributed by atoms with Gasteiger partial charge in [0.1, 0.15) is 0 Å². The van der Waals surface area contributed by atoms with E-state index in [-0.39, 0.29) is 11.5 Å². The van der Waals surface area contributed by atoms with Crippen molar-refractivity contribution in [2.75, 3.05) is 18.1 Å². The molecule has 0 bridgehead atoms. The Labute approximate surface area is 113 Å². The first-order chi connectivity index (χ1) is 8.54. The average molecular weight is 269 g/mol. The number of thioether (sulfide) groups is 1. The zero-order chi connectivity index (χ0) is 12.8. The number of carbonyl (C=O) groups excluding carboxylic acids is 1. The molecule has 0 amide bonds. The van der Waals surface area contributed by atoms with Gasteiger partial charge in [0.05, 0.1) is 11.1 Å². The SMILES string of the molecule is CC(N)(C(=O)C1CCOC2(CCSC2)C1)C1CC1. The second-order valence-corrected chi connectivity index (χ2v) is 7.55. The fraction of sp³-hybridized carbons (Fsp3) is 0.929. The quantitative estimate of drug-likeness (QED) is 0.851. The van der Waals surface area contributed by atoms with Gasteiger partial charge in [-0.05, 0) is 50.7 Å². The largest absolute Gasteiger partial charge is 0.374 e. The molecule has 1 saturated carbocycles. The molecular formula is C14H23NO2S. The predicted octanol–water partition coefficient (Wildman–Crippen LogP) is 1.99. The van der Waals surface area contributed by atoms with Crippen LogP contribution in [-0.4, -0.2) is 35.0 Å². The normalized spacial score (nSPS) is 39.8. The van der Waals surface area contributed by atoms with Crippen molar-refractivity contribution < 1.29 is 9.53 Å². The van der Waals surface area contributed by atoms with Gasteiger partial charge in [0.2, 0.25) is 0 Å². The molecule has 2 aliphatic heterocycles. The number of carbonyl (C=O) groups is 1. The Bertz CT molecular complexity index is 346. The second-order valence-electron chi connectivity index (χ2n) is 6.44. The molecule has 2 saturated heterocycles. The molecule has 3 fully saturated rings. The van der Waals surface area contributed by atoms with E-state index < -0.39 is 5.54 Å². The maximum atomic E-state index is 12.7. The number of hydrogen-bond donors (Lipinski definition) is 1. The number of ketones is 1. The lowest BCUT2D eigenvalue weighted by Gasteiger charge is -2.39. The lowest BCUT2D eigenvalue weighted by molar-refractivity contribution is -0.139. The summed E-state index contributed by atoms with van der Waals surface area (Å²) in [5, 5.41) is 0. The van der Waals surface area contributed by atoms with Crippen LogP contribution in [0, 0.1) is 11.8 Å². The van der Waals surface area contributed by atoms with E-state index in [1.807, 2.05) is 18.7 Å². The summed E-state index contributed by atoms with van der Waals surface area (Å²) in [6.45, 7) is 2.68. The number of rotatable bonds is 3. The van der Waals surface area contributed by atoms with Crippen LogP contribution < -0.4 is 5.73 Å². The molecule has 0 aromatic rings. The lowest BCUT2D eigenvalue weighted by atomic mass is 9.76. The molecule has 1 spiro atoms. The maximum absolute atomic E-state index is 12.7. The van der Waals surface area contributed by atoms with Gasteiger partial charge >= 0.3 is 0 Å². The van der Waals surface area contributed by atoms with Gasteiger partial charge in [0.25, 0.3) is 0 Å². The number of Topliss-reactive ketones (excluding diaryl/α,β-unsaturated/α-hetero) is 1. The highest BCUT2D eigenvalue weighted by Crippen LogP contribution is 2.44. The molecule has 3 nitrogen and oxygen atoms in total. The summed E-state index contributed by atoms with van der Waals surface area (Å²) in [4.78, 5) is 12.7. The zero-order valence-electron chi connectivity index (χ0n) is 11.1. The smallest absolute Gasteiger partial charge is 0.155 e. The first-order valence-corrected chi connectivity index (χ1v) is 8.24. The summed E-state index contributed by atoms with van der Waals surface area (Å²) in [6.07, 6.45) is 5.13. The molecule has 102 valence electrons. The van der Waals surface area contributed by atoms with Gasteiger partial charge < -0.3 is 10.5 Å². The van der Waals surface area contributed by atoms with E-state index in [9.17, 15) is 4.79 Å². The van der Waals surface area contributed by atoms with Gasteiger partial charge in [-0.3, -0.25) is 4.79 Å². The summed E-state index contributed by atoms with van der Waals surface area (Å²) in [7, 11) is 0. The topological polar surface area (TPSA) is 52.3 Å². The van der Waals surface area contributed by atoms with E-state index in [1.165, 1.54) is 5.75 Å². The molecule has 4 heteroatoms. The molecule has 18 heavy (non-hydrogen) atoms. The van der Waals surface area contributed by atoms with Gasteiger partial charge in [-0.25, -0.2) is 0 Å². The maximum Gasteiger partial charge on any atom is 0.155 e. The lowest BCUT2D eigenvalue weighted by Crippen LogP contribution is -2.53. The van der Waals surface area contributed by atoms with Crippen molar-refractivity contribution in [1.29, 1.82) is 0 Å². The fourth-order valence-corrected chi connectivity index (χ4v) is 4.82. The van der Waals surface area contributed by atoms with Crippen LogP contribution in [0.5, 0.6) is 0 Å². The van der Waals surface area contributed by atoms with E-state index >= 15 is 0 Å². The molecule has 2 N–H and O–H groups in total. The number of ether oxygens (including phenoxy) is 1. The van der Waals surface area contributed by atoms with Crippen molar-refractivity contribution in [3.63, 3.8) is 0 Å². The Balaban J connectivity index is 1.70. The minimum absolute atomic E-state index is 0.0110. The Morgan fingerprint density at radius 2 is 2.22 bits per heavy atom. The molecule has 3 rings (SSSR count). The highest BCUT2D eigenvalue weighted by Gasteiger charge is 2.49. The van der Waals surface area contributed by atoms with Gasteiger partial charge in [0, 0.05) is 18.3 Å². The van der Waals surface area contributed by atoms with Gasteiger partial charge in [-0.1, -0.05) is 0 Å². The van der Waals surface area contributed by atoms with Crippen molar-refractivity contribution in [3.8, 4) is 0 Å². The Hall–Kier alpha value is -0.0600. The third-order valence-electron chi connectivity index (χ3n) is 4.89. The summed E-state index contributed by atoms with van der Waals surface area (Å²) in [6, 6.07) is 0. The van der Waals surface area contributed by atoms with Crippen LogP contribution in [0.1, 0.15) is 39.0 Å². The van der Waals surface area contributed by atoms with Crippen molar-refractivity contribution in [1.82, 2.24) is 0 Å². The molecular weight excluding hydrogens is 246 g/mol. The van der Waals surface area contributed by atoms with Crippen molar-refractivity contribution in [2.24, 2.45) is 17.6 Å². The highest BCUT2D eigenvalue weighted by molar-refractivity contribution is 7.99. The highest BCUT2D eigenvalue weighted by atomic mass is 32.2. The van der Waals surface area contributed by atoms with E-state index in [1.54, 1.807) is 0 Å². The first kappa shape index (κ1) is 12.9. The molecule has 1 aliphatic carbocycles. The van der Waals surface area contributed by atoms with Crippen LogP contribution in [0.2, 0.25) is 0 Å². The van der Waals surface area contributed by atoms with Crippen LogP contribution in [0.25, 0.3) is 0 Å². The minimum Gasteiger partial charge on any atom is -0.374 e. The van der Waals surface area contributed by atoms with Crippen LogP contribution in [0.4, 0.5) is 0 Å². The van der Waals surface area contributed by atoms with Gasteiger partial charge in [-0.15, -0.1) is 0 Å². The zero-order valence-corrected chi connectivity index (χ0v) is 11.9.